The lowest BCUT2D eigenvalue weighted by molar-refractivity contribution is 0.101. The zero-order valence-corrected chi connectivity index (χ0v) is 13.0. The van der Waals surface area contributed by atoms with E-state index < -0.39 is 11.4 Å². The molecule has 0 radical (unpaired) electrons. The van der Waals surface area contributed by atoms with Gasteiger partial charge in [-0.2, -0.15) is 0 Å². The predicted octanol–water partition coefficient (Wildman–Crippen LogP) is 3.46. The lowest BCUT2D eigenvalue weighted by Gasteiger charge is -2.20. The summed E-state index contributed by atoms with van der Waals surface area (Å²) in [5.74, 6) is -0.352. The highest BCUT2D eigenvalue weighted by Crippen LogP contribution is 2.22. The molecule has 0 aliphatic heterocycles. The number of carbonyl (C=O) groups is 1. The van der Waals surface area contributed by atoms with Gasteiger partial charge in [0.05, 0.1) is 6.26 Å². The second kappa shape index (κ2) is 6.12. The van der Waals surface area contributed by atoms with Gasteiger partial charge >= 0.3 is 5.63 Å². The molecule has 0 saturated heterocycles. The Morgan fingerprint density at radius 1 is 1.13 bits per heavy atom. The third-order valence-electron chi connectivity index (χ3n) is 3.84. The van der Waals surface area contributed by atoms with Gasteiger partial charge in [0.2, 0.25) is 5.78 Å². The Balaban J connectivity index is 2.07. The molecule has 0 saturated carbocycles. The quantitative estimate of drug-likeness (QED) is 0.533. The number of hydrogen-bond donors (Lipinski definition) is 0. The first kappa shape index (κ1) is 15.1. The van der Waals surface area contributed by atoms with E-state index in [0.717, 1.165) is 18.8 Å². The van der Waals surface area contributed by atoms with Gasteiger partial charge in [-0.15, -0.1) is 0 Å². The molecule has 2 heterocycles. The first-order valence-electron chi connectivity index (χ1n) is 7.55. The van der Waals surface area contributed by atoms with E-state index >= 15 is 0 Å². The van der Waals surface area contributed by atoms with Gasteiger partial charge in [0.25, 0.3) is 0 Å². The van der Waals surface area contributed by atoms with Crippen molar-refractivity contribution in [1.29, 1.82) is 0 Å². The van der Waals surface area contributed by atoms with Crippen LogP contribution < -0.4 is 10.5 Å². The zero-order valence-electron chi connectivity index (χ0n) is 13.0. The number of anilines is 1. The molecule has 5 heteroatoms. The summed E-state index contributed by atoms with van der Waals surface area (Å²) in [6.45, 7) is 5.85. The van der Waals surface area contributed by atoms with Crippen LogP contribution in [0.4, 0.5) is 5.69 Å². The minimum atomic E-state index is -0.657. The summed E-state index contributed by atoms with van der Waals surface area (Å²) in [6.07, 6.45) is 1.40. The van der Waals surface area contributed by atoms with Gasteiger partial charge in [0, 0.05) is 30.2 Å². The molecule has 0 atom stereocenters. The molecule has 0 spiro atoms. The Kier molecular flexibility index (Phi) is 4.02. The maximum atomic E-state index is 12.3. The molecule has 2 aromatic heterocycles. The number of rotatable bonds is 5. The lowest BCUT2D eigenvalue weighted by Crippen LogP contribution is -2.21. The fourth-order valence-corrected chi connectivity index (χ4v) is 2.58. The normalized spacial score (nSPS) is 10.9. The van der Waals surface area contributed by atoms with E-state index in [2.05, 4.69) is 18.7 Å². The third-order valence-corrected chi connectivity index (χ3v) is 3.84. The molecule has 0 unspecified atom stereocenters. The summed E-state index contributed by atoms with van der Waals surface area (Å²) in [5, 5.41) is 0.704. The van der Waals surface area contributed by atoms with Crippen LogP contribution in [-0.2, 0) is 0 Å². The van der Waals surface area contributed by atoms with E-state index in [1.165, 1.54) is 12.3 Å². The minimum absolute atomic E-state index is 0.0250. The molecule has 23 heavy (non-hydrogen) atoms. The number of benzene rings is 1. The Morgan fingerprint density at radius 2 is 1.91 bits per heavy atom. The summed E-state index contributed by atoms with van der Waals surface area (Å²) in [4.78, 5) is 26.6. The van der Waals surface area contributed by atoms with Crippen molar-refractivity contribution in [1.82, 2.24) is 0 Å². The van der Waals surface area contributed by atoms with Crippen molar-refractivity contribution in [3.8, 4) is 0 Å². The highest BCUT2D eigenvalue weighted by atomic mass is 16.4. The van der Waals surface area contributed by atoms with E-state index in [1.54, 1.807) is 12.1 Å². The van der Waals surface area contributed by atoms with Crippen molar-refractivity contribution < 1.29 is 13.6 Å². The van der Waals surface area contributed by atoms with Crippen molar-refractivity contribution in [2.45, 2.75) is 13.8 Å². The summed E-state index contributed by atoms with van der Waals surface area (Å²) >= 11 is 0. The van der Waals surface area contributed by atoms with E-state index in [1.807, 2.05) is 18.2 Å². The van der Waals surface area contributed by atoms with Gasteiger partial charge in [-0.05, 0) is 44.2 Å². The fraction of sp³-hybridized carbons (Fsp3) is 0.222. The van der Waals surface area contributed by atoms with Crippen LogP contribution in [0.5, 0.6) is 0 Å². The van der Waals surface area contributed by atoms with Crippen molar-refractivity contribution in [2.24, 2.45) is 0 Å². The summed E-state index contributed by atoms with van der Waals surface area (Å²) < 4.78 is 10.4. The van der Waals surface area contributed by atoms with E-state index in [9.17, 15) is 9.59 Å². The predicted molar refractivity (Wildman–Crippen MR) is 88.2 cm³/mol. The number of fused-ring (bicyclic) bond motifs is 1. The van der Waals surface area contributed by atoms with E-state index in [-0.39, 0.29) is 11.3 Å². The van der Waals surface area contributed by atoms with Crippen molar-refractivity contribution >= 4 is 22.4 Å². The van der Waals surface area contributed by atoms with Gasteiger partial charge in [-0.3, -0.25) is 4.79 Å². The van der Waals surface area contributed by atoms with Crippen LogP contribution in [0.15, 0.2) is 56.3 Å². The molecular formula is C18H17NO4. The average molecular weight is 311 g/mol. The molecule has 0 amide bonds. The second-order valence-corrected chi connectivity index (χ2v) is 5.15. The van der Waals surface area contributed by atoms with Gasteiger partial charge in [0.1, 0.15) is 11.1 Å². The van der Waals surface area contributed by atoms with Crippen molar-refractivity contribution in [3.63, 3.8) is 0 Å². The fourth-order valence-electron chi connectivity index (χ4n) is 2.58. The first-order chi connectivity index (χ1) is 11.1. The Morgan fingerprint density at radius 3 is 2.57 bits per heavy atom. The van der Waals surface area contributed by atoms with Gasteiger partial charge in [0.15, 0.2) is 5.76 Å². The summed E-state index contributed by atoms with van der Waals surface area (Å²) in [6, 6.07) is 10.3. The van der Waals surface area contributed by atoms with Crippen molar-refractivity contribution in [2.75, 3.05) is 18.0 Å². The molecular weight excluding hydrogens is 294 g/mol. The van der Waals surface area contributed by atoms with Gasteiger partial charge < -0.3 is 13.7 Å². The third kappa shape index (κ3) is 2.77. The lowest BCUT2D eigenvalue weighted by atomic mass is 10.1. The van der Waals surface area contributed by atoms with E-state index in [0.29, 0.717) is 11.0 Å². The maximum absolute atomic E-state index is 12.3. The molecule has 3 rings (SSSR count). The highest BCUT2D eigenvalue weighted by molar-refractivity contribution is 6.08. The second-order valence-electron chi connectivity index (χ2n) is 5.15. The molecule has 0 fully saturated rings. The molecule has 0 aliphatic rings. The smallest absolute Gasteiger partial charge is 0.347 e. The van der Waals surface area contributed by atoms with Crippen LogP contribution in [0.1, 0.15) is 30.0 Å². The number of hydrogen-bond acceptors (Lipinski definition) is 5. The zero-order chi connectivity index (χ0) is 16.4. The first-order valence-corrected chi connectivity index (χ1v) is 7.55. The van der Waals surface area contributed by atoms with E-state index in [4.69, 9.17) is 8.83 Å². The van der Waals surface area contributed by atoms with Crippen LogP contribution in [0.25, 0.3) is 11.0 Å². The Bertz CT molecular complexity index is 889. The van der Waals surface area contributed by atoms with Crippen LogP contribution in [0.2, 0.25) is 0 Å². The molecule has 1 aromatic carbocycles. The molecule has 0 aliphatic carbocycles. The number of ketones is 1. The molecule has 3 aromatic rings. The van der Waals surface area contributed by atoms with Crippen LogP contribution in [0, 0.1) is 0 Å². The average Bonchev–Trinajstić information content (AvgIpc) is 3.09. The number of carbonyl (C=O) groups excluding carboxylic acids is 1. The topological polar surface area (TPSA) is 63.7 Å². The minimum Gasteiger partial charge on any atom is -0.461 e. The van der Waals surface area contributed by atoms with Crippen molar-refractivity contribution in [3.05, 3.63) is 64.4 Å². The molecule has 5 nitrogen and oxygen atoms in total. The SMILES string of the molecule is CCN(CC)c1ccc2cc(C(=O)c3ccco3)c(=O)oc2c1. The Labute approximate surface area is 133 Å². The van der Waals surface area contributed by atoms with Crippen LogP contribution in [-0.4, -0.2) is 18.9 Å². The monoisotopic (exact) mass is 311 g/mol. The van der Waals surface area contributed by atoms with Crippen LogP contribution in [0.3, 0.4) is 0 Å². The summed E-state index contributed by atoms with van der Waals surface area (Å²) in [5.41, 5.74) is 0.768. The molecule has 118 valence electrons. The standard InChI is InChI=1S/C18H17NO4/c1-3-19(4-2)13-8-7-12-10-14(18(21)23-16(12)11-13)17(20)15-6-5-9-22-15/h5-11H,3-4H2,1-2H3. The van der Waals surface area contributed by atoms with Crippen LogP contribution >= 0.6 is 0 Å². The summed E-state index contributed by atoms with van der Waals surface area (Å²) in [7, 11) is 0. The number of nitrogens with zero attached hydrogens (tertiary/aromatic N) is 1. The maximum Gasteiger partial charge on any atom is 0.347 e. The highest BCUT2D eigenvalue weighted by Gasteiger charge is 2.18. The van der Waals surface area contributed by atoms with Gasteiger partial charge in [-0.25, -0.2) is 4.79 Å². The molecule has 0 N–H and O–H groups in total. The Hall–Kier alpha value is -2.82. The van der Waals surface area contributed by atoms with Gasteiger partial charge in [-0.1, -0.05) is 0 Å². The largest absolute Gasteiger partial charge is 0.461 e. The molecule has 0 bridgehead atoms. The number of furan rings is 1.